The number of benzene rings is 2. The highest BCUT2D eigenvalue weighted by atomic mass is 32.2. The van der Waals surface area contributed by atoms with Gasteiger partial charge in [0.2, 0.25) is 0 Å². The third-order valence-electron chi connectivity index (χ3n) is 4.31. The number of carbonyl (C=O) groups excluding carboxylic acids is 3. The van der Waals surface area contributed by atoms with Gasteiger partial charge < -0.3 is 10.5 Å². The minimum absolute atomic E-state index is 0.262. The van der Waals surface area contributed by atoms with Crippen molar-refractivity contribution in [2.24, 2.45) is 5.73 Å². The van der Waals surface area contributed by atoms with Crippen molar-refractivity contribution in [2.75, 3.05) is 10.8 Å². The van der Waals surface area contributed by atoms with E-state index in [-0.39, 0.29) is 17.8 Å². The van der Waals surface area contributed by atoms with E-state index in [1.165, 1.54) is 24.3 Å². The van der Waals surface area contributed by atoms with E-state index in [1.54, 1.807) is 5.32 Å². The lowest BCUT2D eigenvalue weighted by atomic mass is 10.2. The van der Waals surface area contributed by atoms with Crippen LogP contribution in [-0.2, 0) is 25.7 Å². The van der Waals surface area contributed by atoms with Gasteiger partial charge in [0.15, 0.2) is 6.10 Å². The molecule has 2 aromatic rings. The minimum atomic E-state index is -4.69. The first-order valence-electron chi connectivity index (χ1n) is 9.49. The van der Waals surface area contributed by atoms with Crippen LogP contribution in [0.25, 0.3) is 0 Å². The molecule has 182 valence electrons. The van der Waals surface area contributed by atoms with Gasteiger partial charge in [-0.1, -0.05) is 18.2 Å². The van der Waals surface area contributed by atoms with Crippen molar-refractivity contribution in [3.05, 3.63) is 72.3 Å². The number of alkyl halides is 3. The number of hydrogen-bond acceptors (Lipinski definition) is 6. The molecule has 0 spiro atoms. The molecule has 0 aromatic heterocycles. The Morgan fingerprint density at radius 1 is 1.18 bits per heavy atom. The molecule has 13 heteroatoms. The van der Waals surface area contributed by atoms with Gasteiger partial charge in [-0.3, -0.25) is 14.4 Å². The molecule has 3 N–H and O–H groups in total. The third kappa shape index (κ3) is 6.34. The molecule has 0 aliphatic heterocycles. The Labute approximate surface area is 193 Å². The summed E-state index contributed by atoms with van der Waals surface area (Å²) >= 11 is 0. The molecular weight excluding hydrogens is 479 g/mol. The van der Waals surface area contributed by atoms with E-state index in [1.807, 2.05) is 0 Å². The Balaban J connectivity index is 2.39. The Hall–Kier alpha value is -3.87. The summed E-state index contributed by atoms with van der Waals surface area (Å²) in [5.74, 6) is -2.08. The van der Waals surface area contributed by atoms with E-state index in [9.17, 15) is 36.0 Å². The first-order valence-corrected chi connectivity index (χ1v) is 10.9. The van der Waals surface area contributed by atoms with Gasteiger partial charge in [0.1, 0.15) is 0 Å². The fourth-order valence-electron chi connectivity index (χ4n) is 2.71. The normalized spacial score (nSPS) is 12.4. The lowest BCUT2D eigenvalue weighted by molar-refractivity contribution is -0.137. The lowest BCUT2D eigenvalue weighted by Gasteiger charge is -2.24. The van der Waals surface area contributed by atoms with Crippen molar-refractivity contribution < 1.29 is 40.7 Å². The summed E-state index contributed by atoms with van der Waals surface area (Å²) in [4.78, 5) is 34.4. The van der Waals surface area contributed by atoms with Crippen molar-refractivity contribution in [3.63, 3.8) is 0 Å². The van der Waals surface area contributed by atoms with Crippen LogP contribution >= 0.6 is 0 Å². The Bertz CT molecular complexity index is 1210. The predicted octanol–water partition coefficient (Wildman–Crippen LogP) is 2.83. The van der Waals surface area contributed by atoms with Crippen LogP contribution in [-0.4, -0.2) is 39.0 Å². The fourth-order valence-corrected chi connectivity index (χ4v) is 4.19. The maximum absolute atomic E-state index is 13.2. The number of nitrogens with zero attached hydrogens (tertiary/aromatic N) is 1. The van der Waals surface area contributed by atoms with Crippen LogP contribution in [0.3, 0.4) is 0 Å². The van der Waals surface area contributed by atoms with Crippen LogP contribution in [0.15, 0.2) is 66.1 Å². The van der Waals surface area contributed by atoms with Crippen LogP contribution < -0.4 is 15.4 Å². The van der Waals surface area contributed by atoms with Crippen LogP contribution in [0.1, 0.15) is 22.8 Å². The molecule has 0 saturated carbocycles. The Kier molecular flexibility index (Phi) is 8.05. The van der Waals surface area contributed by atoms with Crippen molar-refractivity contribution in [3.8, 4) is 0 Å². The van der Waals surface area contributed by atoms with Crippen LogP contribution in [0, 0.1) is 0 Å². The number of imide groups is 1. The number of carbonyl (C=O) groups is 3. The molecule has 0 aliphatic carbocycles. The molecule has 2 aromatic carbocycles. The monoisotopic (exact) mass is 499 g/mol. The highest BCUT2D eigenvalue weighted by Crippen LogP contribution is 2.33. The first-order chi connectivity index (χ1) is 15.8. The van der Waals surface area contributed by atoms with Gasteiger partial charge in [0, 0.05) is 0 Å². The number of ether oxygens (including phenoxy) is 1. The number of primary amides is 1. The summed E-state index contributed by atoms with van der Waals surface area (Å²) in [5.41, 5.74) is 3.25. The van der Waals surface area contributed by atoms with Gasteiger partial charge in [-0.15, -0.1) is 6.58 Å². The molecule has 0 bridgehead atoms. The van der Waals surface area contributed by atoms with E-state index in [0.29, 0.717) is 10.4 Å². The molecule has 0 radical (unpaired) electrons. The second-order valence-electron chi connectivity index (χ2n) is 6.80. The number of urea groups is 1. The van der Waals surface area contributed by atoms with Crippen molar-refractivity contribution in [1.29, 1.82) is 0 Å². The number of halogens is 3. The zero-order chi connectivity index (χ0) is 25.7. The van der Waals surface area contributed by atoms with Gasteiger partial charge in [0.25, 0.3) is 15.9 Å². The molecular formula is C21H20F3N3O6S. The SMILES string of the molecule is C=CCN(c1cccc(C(F)(F)F)c1)S(=O)(=O)c1cccc(C(=O)O[C@@H](C)C(=O)NC(N)=O)c1. The molecule has 0 aliphatic rings. The quantitative estimate of drug-likeness (QED) is 0.424. The fraction of sp³-hybridized carbons (Fsp3) is 0.190. The molecule has 34 heavy (non-hydrogen) atoms. The third-order valence-corrected chi connectivity index (χ3v) is 6.10. The molecule has 0 saturated heterocycles. The number of esters is 1. The lowest BCUT2D eigenvalue weighted by Crippen LogP contribution is -2.42. The number of sulfonamides is 1. The van der Waals surface area contributed by atoms with Crippen LogP contribution in [0.5, 0.6) is 0 Å². The largest absolute Gasteiger partial charge is 0.449 e. The van der Waals surface area contributed by atoms with Gasteiger partial charge >= 0.3 is 18.2 Å². The van der Waals surface area contributed by atoms with Crippen LogP contribution in [0.4, 0.5) is 23.7 Å². The van der Waals surface area contributed by atoms with E-state index < -0.39 is 50.7 Å². The molecule has 2 rings (SSSR count). The van der Waals surface area contributed by atoms with Gasteiger partial charge in [-0.05, 0) is 43.3 Å². The number of amides is 3. The van der Waals surface area contributed by atoms with Gasteiger partial charge in [-0.25, -0.2) is 18.0 Å². The summed E-state index contributed by atoms with van der Waals surface area (Å²) in [6.45, 7) is 4.25. The molecule has 0 fully saturated rings. The minimum Gasteiger partial charge on any atom is -0.449 e. The molecule has 3 amide bonds. The average Bonchev–Trinajstić information content (AvgIpc) is 2.76. The summed E-state index contributed by atoms with van der Waals surface area (Å²) in [6, 6.07) is 7.09. The van der Waals surface area contributed by atoms with E-state index in [0.717, 1.165) is 31.2 Å². The second-order valence-corrected chi connectivity index (χ2v) is 8.66. The van der Waals surface area contributed by atoms with E-state index in [2.05, 4.69) is 6.58 Å². The maximum atomic E-state index is 13.2. The second kappa shape index (κ2) is 10.4. The number of rotatable bonds is 8. The zero-order valence-electron chi connectivity index (χ0n) is 17.7. The standard InChI is InChI=1S/C21H20F3N3O6S/c1-3-10-27(16-8-5-7-15(12-16)21(22,23)24)34(31,32)17-9-4-6-14(11-17)19(29)33-13(2)18(28)26-20(25)30/h3-9,11-13H,1,10H2,2H3,(H3,25,26,28,30)/t13-/m0/s1. The number of hydrogen-bond donors (Lipinski definition) is 2. The molecule has 1 atom stereocenters. The van der Waals surface area contributed by atoms with Crippen molar-refractivity contribution in [1.82, 2.24) is 5.32 Å². The summed E-state index contributed by atoms with van der Waals surface area (Å²) in [6.07, 6.45) is -4.93. The first kappa shape index (κ1) is 26.4. The molecule has 9 nitrogen and oxygen atoms in total. The smallest absolute Gasteiger partial charge is 0.416 e. The number of nitrogens with two attached hydrogens (primary N) is 1. The van der Waals surface area contributed by atoms with E-state index >= 15 is 0 Å². The number of nitrogens with one attached hydrogen (secondary N) is 1. The van der Waals surface area contributed by atoms with Gasteiger partial charge in [0.05, 0.1) is 28.3 Å². The van der Waals surface area contributed by atoms with E-state index in [4.69, 9.17) is 10.5 Å². The summed E-state index contributed by atoms with van der Waals surface area (Å²) < 4.78 is 71.4. The topological polar surface area (TPSA) is 136 Å². The van der Waals surface area contributed by atoms with Gasteiger partial charge in [-0.2, -0.15) is 13.2 Å². The number of anilines is 1. The predicted molar refractivity (Wildman–Crippen MR) is 115 cm³/mol. The summed E-state index contributed by atoms with van der Waals surface area (Å²) in [5, 5.41) is 1.73. The maximum Gasteiger partial charge on any atom is 0.416 e. The zero-order valence-corrected chi connectivity index (χ0v) is 18.5. The van der Waals surface area contributed by atoms with Crippen molar-refractivity contribution in [2.45, 2.75) is 24.1 Å². The highest BCUT2D eigenvalue weighted by molar-refractivity contribution is 7.92. The Morgan fingerprint density at radius 3 is 2.41 bits per heavy atom. The summed E-state index contributed by atoms with van der Waals surface area (Å²) in [7, 11) is -4.45. The van der Waals surface area contributed by atoms with Crippen LogP contribution in [0.2, 0.25) is 0 Å². The molecule has 0 heterocycles. The van der Waals surface area contributed by atoms with Crippen molar-refractivity contribution >= 4 is 33.6 Å². The Morgan fingerprint density at radius 2 is 1.82 bits per heavy atom. The highest BCUT2D eigenvalue weighted by Gasteiger charge is 2.32. The molecule has 0 unspecified atom stereocenters. The average molecular weight is 499 g/mol.